The SMILES string of the molecule is O[C@H]1[C@H](OCc2ccccc2)[C@@H](OCc2ccccc2)[C@H](Sc2ccccc2)O[C@@H]1COC(c1ccccc1)(c1ccccc1)c1ccccc1. The number of rotatable bonds is 14. The molecule has 6 heteroatoms. The standard InChI is InChI=1S/C45H42O5S/c46-41-40(33-49-45(36-23-11-3-12-24-36,37-25-13-4-14-26-37)38-27-15-5-16-28-38)50-44(51-39-29-17-6-18-30-39)43(48-32-35-21-9-2-10-22-35)42(41)47-31-34-19-7-1-8-20-34/h1-30,40-44,46H,31-33H2/t40-,41-,42+,43-,44+/m1/s1. The number of hydrogen-bond acceptors (Lipinski definition) is 6. The number of ether oxygens (including phenoxy) is 4. The summed E-state index contributed by atoms with van der Waals surface area (Å²) in [5, 5.41) is 12.2. The maximum absolute atomic E-state index is 12.2. The van der Waals surface area contributed by atoms with Gasteiger partial charge in [0.05, 0.1) is 19.8 Å². The van der Waals surface area contributed by atoms with Crippen molar-refractivity contribution in [1.29, 1.82) is 0 Å². The lowest BCUT2D eigenvalue weighted by atomic mass is 9.80. The van der Waals surface area contributed by atoms with Crippen LogP contribution in [0.4, 0.5) is 0 Å². The highest BCUT2D eigenvalue weighted by molar-refractivity contribution is 7.99. The lowest BCUT2D eigenvalue weighted by Crippen LogP contribution is -2.60. The van der Waals surface area contributed by atoms with Crippen molar-refractivity contribution in [3.63, 3.8) is 0 Å². The Morgan fingerprint density at radius 1 is 0.510 bits per heavy atom. The fraction of sp³-hybridized carbons (Fsp3) is 0.200. The summed E-state index contributed by atoms with van der Waals surface area (Å²) in [6.45, 7) is 0.743. The molecule has 1 N–H and O–H groups in total. The molecule has 0 aromatic heterocycles. The summed E-state index contributed by atoms with van der Waals surface area (Å²) in [6.07, 6.45) is -3.09. The molecule has 1 aliphatic heterocycles. The molecule has 1 saturated heterocycles. The summed E-state index contributed by atoms with van der Waals surface area (Å²) in [6, 6.07) is 60.9. The highest BCUT2D eigenvalue weighted by Crippen LogP contribution is 2.42. The molecule has 5 atom stereocenters. The van der Waals surface area contributed by atoms with E-state index in [1.54, 1.807) is 11.8 Å². The van der Waals surface area contributed by atoms with Crippen LogP contribution in [0.3, 0.4) is 0 Å². The molecule has 0 bridgehead atoms. The van der Waals surface area contributed by atoms with Crippen LogP contribution >= 0.6 is 11.8 Å². The second-order valence-electron chi connectivity index (χ2n) is 12.6. The molecule has 0 unspecified atom stereocenters. The molecular formula is C45H42O5S. The van der Waals surface area contributed by atoms with E-state index in [9.17, 15) is 5.11 Å². The van der Waals surface area contributed by atoms with Crippen LogP contribution in [-0.2, 0) is 37.8 Å². The van der Waals surface area contributed by atoms with E-state index in [2.05, 4.69) is 48.5 Å². The van der Waals surface area contributed by atoms with E-state index in [4.69, 9.17) is 18.9 Å². The van der Waals surface area contributed by atoms with Gasteiger partial charge in [0.15, 0.2) is 0 Å². The maximum Gasteiger partial charge on any atom is 0.143 e. The topological polar surface area (TPSA) is 57.2 Å². The third-order valence-corrected chi connectivity index (χ3v) is 10.3. The molecule has 6 aromatic rings. The molecule has 5 nitrogen and oxygen atoms in total. The van der Waals surface area contributed by atoms with Gasteiger partial charge in [0.2, 0.25) is 0 Å². The second-order valence-corrected chi connectivity index (χ2v) is 13.7. The lowest BCUT2D eigenvalue weighted by molar-refractivity contribution is -0.244. The van der Waals surface area contributed by atoms with Crippen LogP contribution < -0.4 is 0 Å². The molecule has 1 heterocycles. The van der Waals surface area contributed by atoms with Crippen LogP contribution in [0.5, 0.6) is 0 Å². The predicted octanol–water partition coefficient (Wildman–Crippen LogP) is 9.04. The Labute approximate surface area is 304 Å². The van der Waals surface area contributed by atoms with Crippen LogP contribution in [0.2, 0.25) is 0 Å². The number of benzene rings is 6. The molecule has 258 valence electrons. The highest BCUT2D eigenvalue weighted by atomic mass is 32.2. The van der Waals surface area contributed by atoms with Gasteiger partial charge in [0, 0.05) is 4.90 Å². The van der Waals surface area contributed by atoms with Crippen LogP contribution in [0, 0.1) is 0 Å². The maximum atomic E-state index is 12.2. The Morgan fingerprint density at radius 2 is 0.902 bits per heavy atom. The van der Waals surface area contributed by atoms with Gasteiger partial charge < -0.3 is 24.1 Å². The van der Waals surface area contributed by atoms with Crippen molar-refractivity contribution >= 4 is 11.8 Å². The Kier molecular flexibility index (Phi) is 11.7. The minimum atomic E-state index is -1.05. The first-order valence-corrected chi connectivity index (χ1v) is 18.3. The van der Waals surface area contributed by atoms with Crippen molar-refractivity contribution < 1.29 is 24.1 Å². The number of aliphatic hydroxyl groups excluding tert-OH is 1. The Morgan fingerprint density at radius 3 is 1.35 bits per heavy atom. The molecule has 6 aromatic carbocycles. The molecule has 0 aliphatic carbocycles. The Bertz CT molecular complexity index is 1780. The third kappa shape index (κ3) is 8.35. The zero-order chi connectivity index (χ0) is 34.7. The van der Waals surface area contributed by atoms with Gasteiger partial charge in [0.25, 0.3) is 0 Å². The molecular weight excluding hydrogens is 653 g/mol. The average molecular weight is 695 g/mol. The van der Waals surface area contributed by atoms with Crippen molar-refractivity contribution in [1.82, 2.24) is 0 Å². The van der Waals surface area contributed by atoms with E-state index >= 15 is 0 Å². The number of hydrogen-bond donors (Lipinski definition) is 1. The minimum Gasteiger partial charge on any atom is -0.387 e. The van der Waals surface area contributed by atoms with Gasteiger partial charge in [-0.1, -0.05) is 182 Å². The first-order chi connectivity index (χ1) is 25.2. The fourth-order valence-electron chi connectivity index (χ4n) is 6.63. The smallest absolute Gasteiger partial charge is 0.143 e. The third-order valence-electron chi connectivity index (χ3n) is 9.19. The minimum absolute atomic E-state index is 0.0856. The summed E-state index contributed by atoms with van der Waals surface area (Å²) in [4.78, 5) is 1.03. The van der Waals surface area contributed by atoms with Crippen LogP contribution in [0.1, 0.15) is 27.8 Å². The van der Waals surface area contributed by atoms with E-state index in [0.717, 1.165) is 32.7 Å². The predicted molar refractivity (Wildman–Crippen MR) is 202 cm³/mol. The fourth-order valence-corrected chi connectivity index (χ4v) is 7.78. The van der Waals surface area contributed by atoms with E-state index in [1.807, 2.05) is 133 Å². The van der Waals surface area contributed by atoms with E-state index in [1.165, 1.54) is 0 Å². The Balaban J connectivity index is 1.25. The van der Waals surface area contributed by atoms with Gasteiger partial charge in [-0.3, -0.25) is 0 Å². The largest absolute Gasteiger partial charge is 0.387 e. The molecule has 1 fully saturated rings. The highest BCUT2D eigenvalue weighted by Gasteiger charge is 2.49. The average Bonchev–Trinajstić information content (AvgIpc) is 3.20. The molecule has 0 spiro atoms. The van der Waals surface area contributed by atoms with E-state index in [-0.39, 0.29) is 6.61 Å². The molecule has 7 rings (SSSR count). The zero-order valence-electron chi connectivity index (χ0n) is 28.3. The van der Waals surface area contributed by atoms with Gasteiger partial charge >= 0.3 is 0 Å². The number of thioether (sulfide) groups is 1. The summed E-state index contributed by atoms with van der Waals surface area (Å²) < 4.78 is 27.4. The first kappa shape index (κ1) is 34.9. The van der Waals surface area contributed by atoms with Crippen molar-refractivity contribution in [2.75, 3.05) is 6.61 Å². The molecule has 0 amide bonds. The van der Waals surface area contributed by atoms with Gasteiger partial charge in [-0.2, -0.15) is 0 Å². The number of aliphatic hydroxyl groups is 1. The van der Waals surface area contributed by atoms with Crippen molar-refractivity contribution in [2.45, 2.75) is 53.6 Å². The van der Waals surface area contributed by atoms with Crippen LogP contribution in [0.15, 0.2) is 187 Å². The van der Waals surface area contributed by atoms with Crippen molar-refractivity contribution in [3.8, 4) is 0 Å². The second kappa shape index (κ2) is 17.1. The summed E-state index contributed by atoms with van der Waals surface area (Å²) >= 11 is 1.57. The van der Waals surface area contributed by atoms with Crippen molar-refractivity contribution in [3.05, 3.63) is 210 Å². The van der Waals surface area contributed by atoms with Gasteiger partial charge in [0.1, 0.15) is 35.5 Å². The van der Waals surface area contributed by atoms with Crippen LogP contribution in [-0.4, -0.2) is 41.6 Å². The van der Waals surface area contributed by atoms with Gasteiger partial charge in [-0.15, -0.1) is 0 Å². The summed E-state index contributed by atoms with van der Waals surface area (Å²) in [5.74, 6) is 0. The lowest BCUT2D eigenvalue weighted by Gasteiger charge is -2.45. The molecule has 0 radical (unpaired) electrons. The van der Waals surface area contributed by atoms with Gasteiger partial charge in [-0.25, -0.2) is 0 Å². The molecule has 51 heavy (non-hydrogen) atoms. The first-order valence-electron chi connectivity index (χ1n) is 17.4. The molecule has 0 saturated carbocycles. The monoisotopic (exact) mass is 694 g/mol. The zero-order valence-corrected chi connectivity index (χ0v) is 29.1. The van der Waals surface area contributed by atoms with E-state index < -0.39 is 35.5 Å². The molecule has 1 aliphatic rings. The van der Waals surface area contributed by atoms with E-state index in [0.29, 0.717) is 13.2 Å². The normalized spacial score (nSPS) is 20.5. The summed E-state index contributed by atoms with van der Waals surface area (Å²) in [5.41, 5.74) is 3.48. The van der Waals surface area contributed by atoms with Gasteiger partial charge in [-0.05, 0) is 39.9 Å². The Hall–Kier alpha value is -4.53. The summed E-state index contributed by atoms with van der Waals surface area (Å²) in [7, 11) is 0. The quantitative estimate of drug-likeness (QED) is 0.115. The van der Waals surface area contributed by atoms with Crippen LogP contribution in [0.25, 0.3) is 0 Å². The van der Waals surface area contributed by atoms with Crippen molar-refractivity contribution in [2.24, 2.45) is 0 Å².